The van der Waals surface area contributed by atoms with Gasteiger partial charge in [-0.1, -0.05) is 9.59 Å². The Kier molecular flexibility index (Phi) is 1.92. The highest BCUT2D eigenvalue weighted by Crippen LogP contribution is 2.05. The van der Waals surface area contributed by atoms with Crippen molar-refractivity contribution in [2.24, 2.45) is 0 Å². The monoisotopic (exact) mass is 197 g/mol. The maximum Gasteiger partial charge on any atom is 0.294 e. The zero-order valence-electron chi connectivity index (χ0n) is 6.13. The lowest BCUT2D eigenvalue weighted by atomic mass is 10.6. The highest BCUT2D eigenvalue weighted by molar-refractivity contribution is 7.09. The first kappa shape index (κ1) is 7.73. The SMILES string of the molecule is O=C(Nc1nnns1)c1ncn[nH]1. The van der Waals surface area contributed by atoms with E-state index in [1.807, 2.05) is 0 Å². The predicted molar refractivity (Wildman–Crippen MR) is 42.0 cm³/mol. The fourth-order valence-electron chi connectivity index (χ4n) is 0.653. The summed E-state index contributed by atoms with van der Waals surface area (Å²) in [6.45, 7) is 0. The molecule has 2 heterocycles. The molecule has 9 heteroatoms. The molecule has 0 saturated heterocycles. The van der Waals surface area contributed by atoms with Crippen LogP contribution in [0.3, 0.4) is 0 Å². The van der Waals surface area contributed by atoms with Gasteiger partial charge in [0.15, 0.2) is 0 Å². The van der Waals surface area contributed by atoms with E-state index in [0.717, 1.165) is 11.5 Å². The molecule has 0 aliphatic carbocycles. The number of hydrogen-bond donors (Lipinski definition) is 2. The molecular formula is C4H3N7OS. The molecule has 0 spiro atoms. The molecule has 0 fully saturated rings. The third-order valence-electron chi connectivity index (χ3n) is 1.15. The van der Waals surface area contributed by atoms with Crippen molar-refractivity contribution in [1.82, 2.24) is 30.0 Å². The molecule has 0 unspecified atom stereocenters. The van der Waals surface area contributed by atoms with Gasteiger partial charge in [-0.3, -0.25) is 15.2 Å². The first-order valence-electron chi connectivity index (χ1n) is 3.18. The normalized spacial score (nSPS) is 9.85. The van der Waals surface area contributed by atoms with Gasteiger partial charge in [0.1, 0.15) is 6.33 Å². The molecule has 2 aromatic rings. The summed E-state index contributed by atoms with van der Waals surface area (Å²) < 4.78 is 3.48. The first-order chi connectivity index (χ1) is 6.36. The lowest BCUT2D eigenvalue weighted by Crippen LogP contribution is -2.13. The number of carbonyl (C=O) groups excluding carboxylic acids is 1. The molecule has 0 radical (unpaired) electrons. The van der Waals surface area contributed by atoms with Crippen LogP contribution in [0.2, 0.25) is 0 Å². The summed E-state index contributed by atoms with van der Waals surface area (Å²) in [6.07, 6.45) is 1.24. The lowest BCUT2D eigenvalue weighted by molar-refractivity contribution is 0.101. The zero-order chi connectivity index (χ0) is 9.10. The van der Waals surface area contributed by atoms with Gasteiger partial charge >= 0.3 is 0 Å². The maximum absolute atomic E-state index is 11.2. The van der Waals surface area contributed by atoms with E-state index in [9.17, 15) is 4.79 Å². The Labute approximate surface area is 75.6 Å². The second-order valence-corrected chi connectivity index (χ2v) is 2.69. The van der Waals surface area contributed by atoms with E-state index >= 15 is 0 Å². The van der Waals surface area contributed by atoms with Crippen molar-refractivity contribution in [2.75, 3.05) is 5.32 Å². The van der Waals surface area contributed by atoms with Crippen molar-refractivity contribution in [3.8, 4) is 0 Å². The summed E-state index contributed by atoms with van der Waals surface area (Å²) >= 11 is 0.982. The maximum atomic E-state index is 11.2. The summed E-state index contributed by atoms with van der Waals surface area (Å²) in [5.74, 6) is -0.300. The van der Waals surface area contributed by atoms with Crippen LogP contribution in [0.4, 0.5) is 5.13 Å². The largest absolute Gasteiger partial charge is 0.294 e. The van der Waals surface area contributed by atoms with E-state index < -0.39 is 5.91 Å². The Hall–Kier alpha value is -1.90. The number of nitrogens with one attached hydrogen (secondary N) is 2. The van der Waals surface area contributed by atoms with Crippen LogP contribution in [0.1, 0.15) is 10.6 Å². The fraction of sp³-hybridized carbons (Fsp3) is 0. The summed E-state index contributed by atoms with van der Waals surface area (Å²) in [5.41, 5.74) is 0. The van der Waals surface area contributed by atoms with Crippen LogP contribution in [0.25, 0.3) is 0 Å². The van der Waals surface area contributed by atoms with Gasteiger partial charge in [0, 0.05) is 11.5 Å². The Morgan fingerprint density at radius 1 is 1.62 bits per heavy atom. The first-order valence-corrected chi connectivity index (χ1v) is 3.95. The van der Waals surface area contributed by atoms with Gasteiger partial charge in [-0.25, -0.2) is 4.98 Å². The van der Waals surface area contributed by atoms with Crippen molar-refractivity contribution in [2.45, 2.75) is 0 Å². The Morgan fingerprint density at radius 3 is 3.15 bits per heavy atom. The van der Waals surface area contributed by atoms with Crippen LogP contribution in [-0.2, 0) is 0 Å². The number of nitrogens with zero attached hydrogens (tertiary/aromatic N) is 5. The van der Waals surface area contributed by atoms with Crippen molar-refractivity contribution in [3.05, 3.63) is 12.2 Å². The van der Waals surface area contributed by atoms with E-state index in [1.54, 1.807) is 0 Å². The molecule has 66 valence electrons. The number of anilines is 1. The molecule has 1 amide bonds. The van der Waals surface area contributed by atoms with Crippen LogP contribution < -0.4 is 5.32 Å². The van der Waals surface area contributed by atoms with Crippen LogP contribution in [0, 0.1) is 0 Å². The number of aromatic nitrogens is 6. The fourth-order valence-corrected chi connectivity index (χ4v) is 1.01. The van der Waals surface area contributed by atoms with Gasteiger partial charge in [-0.2, -0.15) is 5.10 Å². The number of amides is 1. The van der Waals surface area contributed by atoms with E-state index in [0.29, 0.717) is 5.13 Å². The average molecular weight is 197 g/mol. The molecule has 0 atom stereocenters. The standard InChI is InChI=1S/C4H3N7OS/c12-3(2-5-1-6-8-2)7-4-9-10-11-13-4/h1H,(H,5,6,8)(H,7,9,11,12). The van der Waals surface area contributed by atoms with Crippen LogP contribution in [0.5, 0.6) is 0 Å². The van der Waals surface area contributed by atoms with Gasteiger partial charge in [0.25, 0.3) is 5.91 Å². The predicted octanol–water partition coefficient (Wildman–Crippen LogP) is -0.697. The second-order valence-electron chi connectivity index (χ2n) is 1.96. The Balaban J connectivity index is 2.08. The lowest BCUT2D eigenvalue weighted by Gasteiger charge is -1.93. The minimum atomic E-state index is -0.420. The highest BCUT2D eigenvalue weighted by atomic mass is 32.1. The third-order valence-corrected chi connectivity index (χ3v) is 1.66. The highest BCUT2D eigenvalue weighted by Gasteiger charge is 2.10. The molecule has 0 aliphatic rings. The van der Waals surface area contributed by atoms with Gasteiger partial charge in [0.05, 0.1) is 0 Å². The van der Waals surface area contributed by atoms with Gasteiger partial charge in [-0.15, -0.1) is 0 Å². The average Bonchev–Trinajstić information content (AvgIpc) is 2.74. The number of hydrogen-bond acceptors (Lipinski definition) is 7. The minimum absolute atomic E-state index is 0.121. The van der Waals surface area contributed by atoms with Crippen LogP contribution in [-0.4, -0.2) is 35.9 Å². The molecule has 0 aromatic carbocycles. The molecule has 13 heavy (non-hydrogen) atoms. The van der Waals surface area contributed by atoms with E-state index in [-0.39, 0.29) is 5.82 Å². The van der Waals surface area contributed by atoms with Crippen molar-refractivity contribution in [1.29, 1.82) is 0 Å². The van der Waals surface area contributed by atoms with Gasteiger partial charge in [-0.05, 0) is 5.21 Å². The molecule has 0 saturated carbocycles. The Morgan fingerprint density at radius 2 is 2.54 bits per heavy atom. The summed E-state index contributed by atoms with van der Waals surface area (Å²) in [4.78, 5) is 14.9. The topological polar surface area (TPSA) is 109 Å². The minimum Gasteiger partial charge on any atom is -0.292 e. The van der Waals surface area contributed by atoms with Gasteiger partial charge < -0.3 is 0 Å². The smallest absolute Gasteiger partial charge is 0.292 e. The number of carbonyl (C=O) groups is 1. The molecule has 8 nitrogen and oxygen atoms in total. The zero-order valence-corrected chi connectivity index (χ0v) is 6.95. The molecule has 2 N–H and O–H groups in total. The van der Waals surface area contributed by atoms with Crippen molar-refractivity contribution in [3.63, 3.8) is 0 Å². The third kappa shape index (κ3) is 1.64. The quantitative estimate of drug-likeness (QED) is 0.659. The summed E-state index contributed by atoms with van der Waals surface area (Å²) in [6, 6.07) is 0. The number of rotatable bonds is 2. The summed E-state index contributed by atoms with van der Waals surface area (Å²) in [7, 11) is 0. The number of H-pyrrole nitrogens is 1. The molecular weight excluding hydrogens is 194 g/mol. The molecule has 2 aromatic heterocycles. The second kappa shape index (κ2) is 3.23. The van der Waals surface area contributed by atoms with Crippen molar-refractivity contribution < 1.29 is 4.79 Å². The number of aromatic amines is 1. The summed E-state index contributed by atoms with van der Waals surface area (Å²) in [5, 5.41) is 15.5. The van der Waals surface area contributed by atoms with E-state index in [4.69, 9.17) is 0 Å². The van der Waals surface area contributed by atoms with Crippen molar-refractivity contribution >= 4 is 22.6 Å². The molecule has 0 aliphatic heterocycles. The molecule has 2 rings (SSSR count). The Bertz CT molecular complexity index is 381. The van der Waals surface area contributed by atoms with Gasteiger partial charge in [0.2, 0.25) is 11.0 Å². The van der Waals surface area contributed by atoms with Crippen LogP contribution >= 0.6 is 11.5 Å². The van der Waals surface area contributed by atoms with Crippen LogP contribution in [0.15, 0.2) is 6.33 Å². The van der Waals surface area contributed by atoms with E-state index in [1.165, 1.54) is 6.33 Å². The molecule has 0 bridgehead atoms. The van der Waals surface area contributed by atoms with E-state index in [2.05, 4.69) is 35.3 Å².